The Kier molecular flexibility index (Phi) is 5.25. The van der Waals surface area contributed by atoms with E-state index in [1.54, 1.807) is 4.68 Å². The molecule has 0 radical (unpaired) electrons. The summed E-state index contributed by atoms with van der Waals surface area (Å²) in [6.07, 6.45) is 4.27. The van der Waals surface area contributed by atoms with E-state index in [4.69, 9.17) is 12.2 Å². The molecule has 1 aromatic heterocycles. The van der Waals surface area contributed by atoms with Gasteiger partial charge in [-0.1, -0.05) is 13.3 Å². The SMILES string of the molecule is CCCCNC(=S)N(C)Cc1ccn(C)n1. The Morgan fingerprint density at radius 3 is 2.94 bits per heavy atom. The van der Waals surface area contributed by atoms with E-state index in [2.05, 4.69) is 17.3 Å². The zero-order chi connectivity index (χ0) is 12.0. The van der Waals surface area contributed by atoms with Crippen molar-refractivity contribution in [3.05, 3.63) is 18.0 Å². The second-order valence-electron chi connectivity index (χ2n) is 3.92. The van der Waals surface area contributed by atoms with Gasteiger partial charge in [-0.25, -0.2) is 0 Å². The quantitative estimate of drug-likeness (QED) is 0.625. The molecule has 0 aliphatic carbocycles. The van der Waals surface area contributed by atoms with Crippen LogP contribution < -0.4 is 5.32 Å². The van der Waals surface area contributed by atoms with Crippen LogP contribution in [0.2, 0.25) is 0 Å². The predicted molar refractivity (Wildman–Crippen MR) is 70.2 cm³/mol. The number of thiocarbonyl (C=S) groups is 1. The smallest absolute Gasteiger partial charge is 0.169 e. The van der Waals surface area contributed by atoms with E-state index in [1.807, 2.05) is 31.3 Å². The zero-order valence-corrected chi connectivity index (χ0v) is 11.0. The van der Waals surface area contributed by atoms with E-state index in [0.29, 0.717) is 0 Å². The van der Waals surface area contributed by atoms with Crippen molar-refractivity contribution >= 4 is 17.3 Å². The largest absolute Gasteiger partial charge is 0.363 e. The lowest BCUT2D eigenvalue weighted by molar-refractivity contribution is 0.476. The molecule has 0 unspecified atom stereocenters. The molecule has 0 amide bonds. The molecule has 90 valence electrons. The van der Waals surface area contributed by atoms with Gasteiger partial charge in [-0.3, -0.25) is 4.68 Å². The van der Waals surface area contributed by atoms with Crippen molar-refractivity contribution in [2.75, 3.05) is 13.6 Å². The molecule has 5 heteroatoms. The third kappa shape index (κ3) is 4.18. The van der Waals surface area contributed by atoms with Gasteiger partial charge in [0.05, 0.1) is 12.2 Å². The molecular weight excluding hydrogens is 220 g/mol. The highest BCUT2D eigenvalue weighted by atomic mass is 32.1. The van der Waals surface area contributed by atoms with Gasteiger partial charge in [-0.05, 0) is 24.7 Å². The molecule has 1 aromatic rings. The number of rotatable bonds is 5. The third-order valence-corrected chi connectivity index (χ3v) is 2.78. The minimum Gasteiger partial charge on any atom is -0.363 e. The van der Waals surface area contributed by atoms with Gasteiger partial charge in [0.15, 0.2) is 5.11 Å². The zero-order valence-electron chi connectivity index (χ0n) is 10.2. The number of hydrogen-bond acceptors (Lipinski definition) is 2. The van der Waals surface area contributed by atoms with E-state index in [1.165, 1.54) is 6.42 Å². The Morgan fingerprint density at radius 1 is 1.62 bits per heavy atom. The average Bonchev–Trinajstić information content (AvgIpc) is 2.64. The Balaban J connectivity index is 2.34. The molecule has 1 N–H and O–H groups in total. The van der Waals surface area contributed by atoms with Gasteiger partial charge in [0.25, 0.3) is 0 Å². The molecule has 0 saturated heterocycles. The topological polar surface area (TPSA) is 33.1 Å². The molecule has 0 saturated carbocycles. The van der Waals surface area contributed by atoms with Crippen molar-refractivity contribution in [3.8, 4) is 0 Å². The fraction of sp³-hybridized carbons (Fsp3) is 0.636. The summed E-state index contributed by atoms with van der Waals surface area (Å²) in [7, 11) is 3.90. The van der Waals surface area contributed by atoms with Crippen LogP contribution in [0.5, 0.6) is 0 Å². The van der Waals surface area contributed by atoms with Gasteiger partial charge in [-0.15, -0.1) is 0 Å². The Morgan fingerprint density at radius 2 is 2.38 bits per heavy atom. The summed E-state index contributed by atoms with van der Waals surface area (Å²) in [4.78, 5) is 2.01. The van der Waals surface area contributed by atoms with Crippen LogP contribution in [0, 0.1) is 0 Å². The van der Waals surface area contributed by atoms with Crippen LogP contribution in [-0.2, 0) is 13.6 Å². The number of aryl methyl sites for hydroxylation is 1. The van der Waals surface area contributed by atoms with Crippen LogP contribution in [0.15, 0.2) is 12.3 Å². The lowest BCUT2D eigenvalue weighted by atomic mass is 10.3. The van der Waals surface area contributed by atoms with E-state index in [-0.39, 0.29) is 0 Å². The third-order valence-electron chi connectivity index (χ3n) is 2.32. The van der Waals surface area contributed by atoms with Crippen LogP contribution in [0.25, 0.3) is 0 Å². The second-order valence-corrected chi connectivity index (χ2v) is 4.31. The fourth-order valence-corrected chi connectivity index (χ4v) is 1.54. The maximum absolute atomic E-state index is 5.28. The molecule has 0 spiro atoms. The molecule has 0 aliphatic heterocycles. The highest BCUT2D eigenvalue weighted by molar-refractivity contribution is 7.80. The van der Waals surface area contributed by atoms with Crippen molar-refractivity contribution < 1.29 is 0 Å². The molecule has 16 heavy (non-hydrogen) atoms. The first-order chi connectivity index (χ1) is 7.63. The summed E-state index contributed by atoms with van der Waals surface area (Å²) in [5.74, 6) is 0. The normalized spacial score (nSPS) is 10.2. The maximum atomic E-state index is 5.28. The lowest BCUT2D eigenvalue weighted by Gasteiger charge is -2.19. The highest BCUT2D eigenvalue weighted by Gasteiger charge is 2.05. The molecular formula is C11H20N4S. The summed E-state index contributed by atoms with van der Waals surface area (Å²) in [6.45, 7) is 3.86. The Bertz CT molecular complexity index is 334. The van der Waals surface area contributed by atoms with Gasteiger partial charge in [-0.2, -0.15) is 5.10 Å². The predicted octanol–water partition coefficient (Wildman–Crippen LogP) is 1.53. The van der Waals surface area contributed by atoms with Gasteiger partial charge in [0.1, 0.15) is 0 Å². The summed E-state index contributed by atoms with van der Waals surface area (Å²) < 4.78 is 1.80. The summed E-state index contributed by atoms with van der Waals surface area (Å²) in [6, 6.07) is 2.01. The molecule has 4 nitrogen and oxygen atoms in total. The minimum atomic E-state index is 0.749. The molecule has 1 heterocycles. The molecule has 0 aromatic carbocycles. The fourth-order valence-electron chi connectivity index (χ4n) is 1.37. The van der Waals surface area contributed by atoms with E-state index >= 15 is 0 Å². The molecule has 0 atom stereocenters. The van der Waals surface area contributed by atoms with Crippen LogP contribution in [0.4, 0.5) is 0 Å². The Hall–Kier alpha value is -1.10. The van der Waals surface area contributed by atoms with Crippen LogP contribution in [-0.4, -0.2) is 33.4 Å². The number of hydrogen-bond donors (Lipinski definition) is 1. The lowest BCUT2D eigenvalue weighted by Crippen LogP contribution is -2.37. The molecule has 0 bridgehead atoms. The van der Waals surface area contributed by atoms with Gasteiger partial charge < -0.3 is 10.2 Å². The summed E-state index contributed by atoms with van der Waals surface area (Å²) in [5.41, 5.74) is 1.03. The summed E-state index contributed by atoms with van der Waals surface area (Å²) in [5, 5.41) is 8.34. The standard InChI is InChI=1S/C11H20N4S/c1-4-5-7-12-11(16)14(2)9-10-6-8-15(3)13-10/h6,8H,4-5,7,9H2,1-3H3,(H,12,16). The van der Waals surface area contributed by atoms with Crippen molar-refractivity contribution in [2.45, 2.75) is 26.3 Å². The first-order valence-corrected chi connectivity index (χ1v) is 6.01. The monoisotopic (exact) mass is 240 g/mol. The Labute approximate surface area is 103 Å². The first-order valence-electron chi connectivity index (χ1n) is 5.61. The second kappa shape index (κ2) is 6.48. The van der Waals surface area contributed by atoms with Crippen LogP contribution >= 0.6 is 12.2 Å². The number of nitrogens with zero attached hydrogens (tertiary/aromatic N) is 3. The van der Waals surface area contributed by atoms with E-state index < -0.39 is 0 Å². The minimum absolute atomic E-state index is 0.749. The van der Waals surface area contributed by atoms with Crippen molar-refractivity contribution in [3.63, 3.8) is 0 Å². The highest BCUT2D eigenvalue weighted by Crippen LogP contribution is 1.99. The number of unbranched alkanes of at least 4 members (excludes halogenated alkanes) is 1. The maximum Gasteiger partial charge on any atom is 0.169 e. The first kappa shape index (κ1) is 13.0. The number of nitrogens with one attached hydrogen (secondary N) is 1. The average molecular weight is 240 g/mol. The molecule has 0 fully saturated rings. The van der Waals surface area contributed by atoms with E-state index in [9.17, 15) is 0 Å². The van der Waals surface area contributed by atoms with E-state index in [0.717, 1.165) is 30.3 Å². The number of aromatic nitrogens is 2. The van der Waals surface area contributed by atoms with Gasteiger partial charge in [0.2, 0.25) is 0 Å². The van der Waals surface area contributed by atoms with Crippen molar-refractivity contribution in [1.29, 1.82) is 0 Å². The van der Waals surface area contributed by atoms with Gasteiger partial charge in [0, 0.05) is 26.8 Å². The van der Waals surface area contributed by atoms with Gasteiger partial charge >= 0.3 is 0 Å². The van der Waals surface area contributed by atoms with Crippen LogP contribution in [0.1, 0.15) is 25.5 Å². The summed E-state index contributed by atoms with van der Waals surface area (Å²) >= 11 is 5.28. The molecule has 0 aliphatic rings. The molecule has 1 rings (SSSR count). The van der Waals surface area contributed by atoms with Crippen LogP contribution in [0.3, 0.4) is 0 Å². The van der Waals surface area contributed by atoms with Crippen molar-refractivity contribution in [2.24, 2.45) is 7.05 Å². The van der Waals surface area contributed by atoms with Crippen molar-refractivity contribution in [1.82, 2.24) is 20.0 Å².